The van der Waals surface area contributed by atoms with E-state index in [1.165, 1.54) is 31.2 Å². The van der Waals surface area contributed by atoms with Crippen molar-refractivity contribution in [3.05, 3.63) is 39.9 Å². The third-order valence-electron chi connectivity index (χ3n) is 3.70. The molecule has 1 aromatic rings. The monoisotopic (exact) mass is 302 g/mol. The second-order valence-corrected chi connectivity index (χ2v) is 5.23. The fourth-order valence-corrected chi connectivity index (χ4v) is 2.31. The smallest absolute Gasteiger partial charge is 0.339 e. The first kappa shape index (κ1) is 15.3. The molecule has 1 aliphatic rings. The van der Waals surface area contributed by atoms with E-state index >= 15 is 0 Å². The van der Waals surface area contributed by atoms with Crippen molar-refractivity contribution in [2.75, 3.05) is 0 Å². The Labute approximate surface area is 118 Å². The molecule has 1 aliphatic carbocycles. The molecule has 1 unspecified atom stereocenters. The van der Waals surface area contributed by atoms with Gasteiger partial charge in [-0.3, -0.25) is 14.9 Å². The molecule has 5 nitrogen and oxygen atoms in total. The summed E-state index contributed by atoms with van der Waals surface area (Å²) < 4.78 is 37.3. The number of halogens is 3. The molecule has 1 amide bonds. The van der Waals surface area contributed by atoms with Gasteiger partial charge in [-0.15, -0.1) is 0 Å². The number of amides is 1. The van der Waals surface area contributed by atoms with Gasteiger partial charge < -0.3 is 5.32 Å². The quantitative estimate of drug-likeness (QED) is 0.686. The minimum Gasteiger partial charge on any atom is -0.339 e. The van der Waals surface area contributed by atoms with Gasteiger partial charge in [0.25, 0.3) is 5.69 Å². The number of rotatable bonds is 4. The molecule has 0 bridgehead atoms. The van der Waals surface area contributed by atoms with Gasteiger partial charge in [-0.2, -0.15) is 13.2 Å². The SMILES string of the molecule is CC(NC(=O)C(F)(F)F)(c1ccc([N+](=O)[O-])cc1)C1CC1. The Hall–Kier alpha value is -2.12. The van der Waals surface area contributed by atoms with Gasteiger partial charge in [-0.1, -0.05) is 0 Å². The Balaban J connectivity index is 2.29. The van der Waals surface area contributed by atoms with E-state index in [0.29, 0.717) is 18.4 Å². The van der Waals surface area contributed by atoms with Crippen molar-refractivity contribution in [1.29, 1.82) is 0 Å². The summed E-state index contributed by atoms with van der Waals surface area (Å²) in [5.41, 5.74) is -0.908. The molecule has 0 aliphatic heterocycles. The van der Waals surface area contributed by atoms with E-state index in [-0.39, 0.29) is 11.6 Å². The van der Waals surface area contributed by atoms with Crippen molar-refractivity contribution in [2.24, 2.45) is 5.92 Å². The summed E-state index contributed by atoms with van der Waals surface area (Å²) in [5.74, 6) is -2.11. The van der Waals surface area contributed by atoms with Crippen LogP contribution in [0, 0.1) is 16.0 Å². The highest BCUT2D eigenvalue weighted by Gasteiger charge is 2.49. The van der Waals surface area contributed by atoms with Crippen LogP contribution in [-0.2, 0) is 10.3 Å². The Morgan fingerprint density at radius 2 is 1.81 bits per heavy atom. The van der Waals surface area contributed by atoms with Crippen molar-refractivity contribution in [1.82, 2.24) is 5.32 Å². The summed E-state index contributed by atoms with van der Waals surface area (Å²) in [6.45, 7) is 1.51. The first-order chi connectivity index (χ1) is 9.64. The van der Waals surface area contributed by atoms with E-state index in [9.17, 15) is 28.1 Å². The Morgan fingerprint density at radius 1 is 1.29 bits per heavy atom. The Bertz CT molecular complexity index is 567. The molecule has 0 radical (unpaired) electrons. The number of carbonyl (C=O) groups is 1. The minimum absolute atomic E-state index is 0.106. The van der Waals surface area contributed by atoms with Crippen LogP contribution >= 0.6 is 0 Å². The number of non-ortho nitro benzene ring substituents is 1. The fourth-order valence-electron chi connectivity index (χ4n) is 2.31. The fraction of sp³-hybridized carbons (Fsp3) is 0.462. The van der Waals surface area contributed by atoms with Crippen LogP contribution in [0.5, 0.6) is 0 Å². The molecular weight excluding hydrogens is 289 g/mol. The van der Waals surface area contributed by atoms with Crippen LogP contribution in [0.1, 0.15) is 25.3 Å². The molecule has 0 spiro atoms. The largest absolute Gasteiger partial charge is 0.471 e. The molecule has 1 saturated carbocycles. The van der Waals surface area contributed by atoms with Crippen LogP contribution in [-0.4, -0.2) is 17.0 Å². The molecule has 0 aromatic heterocycles. The summed E-state index contributed by atoms with van der Waals surface area (Å²) >= 11 is 0. The third kappa shape index (κ3) is 3.14. The van der Waals surface area contributed by atoms with E-state index in [0.717, 1.165) is 0 Å². The highest BCUT2D eigenvalue weighted by Crippen LogP contribution is 2.46. The standard InChI is InChI=1S/C13H13F3N2O3/c1-12(8-2-3-8,17-11(19)13(14,15)16)9-4-6-10(7-5-9)18(20)21/h4-8H,2-3H2,1H3,(H,17,19). The third-order valence-corrected chi connectivity index (χ3v) is 3.70. The molecule has 1 N–H and O–H groups in total. The highest BCUT2D eigenvalue weighted by atomic mass is 19.4. The van der Waals surface area contributed by atoms with Crippen LogP contribution in [0.3, 0.4) is 0 Å². The van der Waals surface area contributed by atoms with Crippen LogP contribution in [0.15, 0.2) is 24.3 Å². The van der Waals surface area contributed by atoms with Crippen molar-refractivity contribution in [2.45, 2.75) is 31.5 Å². The molecule has 0 heterocycles. The lowest BCUT2D eigenvalue weighted by Gasteiger charge is -2.32. The lowest BCUT2D eigenvalue weighted by atomic mass is 9.86. The molecule has 2 rings (SSSR count). The van der Waals surface area contributed by atoms with E-state index < -0.39 is 22.5 Å². The zero-order valence-electron chi connectivity index (χ0n) is 11.1. The number of nitro groups is 1. The maximum Gasteiger partial charge on any atom is 0.471 e. The number of nitrogens with one attached hydrogen (secondary N) is 1. The summed E-state index contributed by atoms with van der Waals surface area (Å²) in [6, 6.07) is 5.20. The number of carbonyl (C=O) groups excluding carboxylic acids is 1. The van der Waals surface area contributed by atoms with Gasteiger partial charge in [0, 0.05) is 12.1 Å². The van der Waals surface area contributed by atoms with Gasteiger partial charge in [-0.05, 0) is 43.4 Å². The first-order valence-electron chi connectivity index (χ1n) is 6.29. The Kier molecular flexibility index (Phi) is 3.65. The van der Waals surface area contributed by atoms with Gasteiger partial charge in [-0.25, -0.2) is 0 Å². The van der Waals surface area contributed by atoms with Gasteiger partial charge >= 0.3 is 12.1 Å². The molecule has 114 valence electrons. The van der Waals surface area contributed by atoms with Crippen LogP contribution in [0.25, 0.3) is 0 Å². The number of nitro benzene ring substituents is 1. The maximum absolute atomic E-state index is 12.4. The van der Waals surface area contributed by atoms with Gasteiger partial charge in [0.2, 0.25) is 0 Å². The number of hydrogen-bond donors (Lipinski definition) is 1. The van der Waals surface area contributed by atoms with Crippen molar-refractivity contribution in [3.63, 3.8) is 0 Å². The summed E-state index contributed by atoms with van der Waals surface area (Å²) in [6.07, 6.45) is -3.56. The van der Waals surface area contributed by atoms with Gasteiger partial charge in [0.1, 0.15) is 0 Å². The first-order valence-corrected chi connectivity index (χ1v) is 6.29. The number of alkyl halides is 3. The summed E-state index contributed by atoms with van der Waals surface area (Å²) in [4.78, 5) is 21.2. The number of hydrogen-bond acceptors (Lipinski definition) is 3. The van der Waals surface area contributed by atoms with E-state index in [1.54, 1.807) is 0 Å². The van der Waals surface area contributed by atoms with E-state index in [2.05, 4.69) is 0 Å². The molecule has 1 atom stereocenters. The second-order valence-electron chi connectivity index (χ2n) is 5.23. The average Bonchev–Trinajstić information content (AvgIpc) is 3.22. The second kappa shape index (κ2) is 5.01. The minimum atomic E-state index is -4.96. The zero-order chi connectivity index (χ0) is 15.8. The van der Waals surface area contributed by atoms with Crippen molar-refractivity contribution in [3.8, 4) is 0 Å². The van der Waals surface area contributed by atoms with E-state index in [1.807, 2.05) is 5.32 Å². The molecule has 1 fully saturated rings. The zero-order valence-corrected chi connectivity index (χ0v) is 11.1. The molecule has 21 heavy (non-hydrogen) atoms. The predicted molar refractivity (Wildman–Crippen MR) is 67.4 cm³/mol. The van der Waals surface area contributed by atoms with Crippen LogP contribution < -0.4 is 5.32 Å². The van der Waals surface area contributed by atoms with Gasteiger partial charge in [0.15, 0.2) is 0 Å². The lowest BCUT2D eigenvalue weighted by Crippen LogP contribution is -2.50. The molecular formula is C13H13F3N2O3. The van der Waals surface area contributed by atoms with Gasteiger partial charge in [0.05, 0.1) is 10.5 Å². The average molecular weight is 302 g/mol. The maximum atomic E-state index is 12.4. The van der Waals surface area contributed by atoms with Crippen molar-refractivity contribution >= 4 is 11.6 Å². The summed E-state index contributed by atoms with van der Waals surface area (Å²) in [7, 11) is 0. The number of benzene rings is 1. The lowest BCUT2D eigenvalue weighted by molar-refractivity contribution is -0.384. The van der Waals surface area contributed by atoms with Crippen LogP contribution in [0.4, 0.5) is 18.9 Å². The molecule has 1 aromatic carbocycles. The number of nitrogens with zero attached hydrogens (tertiary/aromatic N) is 1. The van der Waals surface area contributed by atoms with Crippen molar-refractivity contribution < 1.29 is 22.9 Å². The van der Waals surface area contributed by atoms with Crippen LogP contribution in [0.2, 0.25) is 0 Å². The normalized spacial score (nSPS) is 17.9. The Morgan fingerprint density at radius 3 is 2.19 bits per heavy atom. The summed E-state index contributed by atoms with van der Waals surface area (Å²) in [5, 5.41) is 12.6. The molecule has 0 saturated heterocycles. The predicted octanol–water partition coefficient (Wildman–Crippen LogP) is 2.90. The topological polar surface area (TPSA) is 72.2 Å². The van der Waals surface area contributed by atoms with E-state index in [4.69, 9.17) is 0 Å². The molecule has 8 heteroatoms. The highest BCUT2D eigenvalue weighted by molar-refractivity contribution is 5.82.